The zero-order valence-electron chi connectivity index (χ0n) is 15.0. The lowest BCUT2D eigenvalue weighted by atomic mass is 10.1. The molecule has 0 radical (unpaired) electrons. The third-order valence-corrected chi connectivity index (χ3v) is 6.18. The number of thiazole rings is 1. The van der Waals surface area contributed by atoms with Crippen molar-refractivity contribution in [1.82, 2.24) is 9.88 Å². The van der Waals surface area contributed by atoms with Crippen LogP contribution in [0.15, 0.2) is 57.7 Å². The lowest BCUT2D eigenvalue weighted by Crippen LogP contribution is -2.44. The van der Waals surface area contributed by atoms with Gasteiger partial charge >= 0.3 is 5.63 Å². The third kappa shape index (κ3) is 3.01. The monoisotopic (exact) mass is 377 g/mol. The molecule has 0 aliphatic carbocycles. The van der Waals surface area contributed by atoms with Crippen LogP contribution in [-0.4, -0.2) is 43.1 Å². The third-order valence-electron chi connectivity index (χ3n) is 5.11. The van der Waals surface area contributed by atoms with E-state index in [1.807, 2.05) is 42.5 Å². The molecular formula is C21H19N3O2S. The first kappa shape index (κ1) is 16.5. The summed E-state index contributed by atoms with van der Waals surface area (Å²) in [7, 11) is 2.14. The standard InChI is InChI=1S/C21H19N3O2S/c1-23-8-10-24(11-9-23)15-7-6-14-12-16(21(25)26-18(14)13-15)20-22-17-4-2-3-5-19(17)27-20/h2-7,12-13H,8-11H2,1H3. The van der Waals surface area contributed by atoms with Crippen LogP contribution < -0.4 is 10.5 Å². The molecule has 0 unspecified atom stereocenters. The van der Waals surface area contributed by atoms with Crippen molar-refractivity contribution in [2.24, 2.45) is 0 Å². The molecule has 3 heterocycles. The largest absolute Gasteiger partial charge is 0.422 e. The Morgan fingerprint density at radius 2 is 1.85 bits per heavy atom. The fraction of sp³-hybridized carbons (Fsp3) is 0.238. The molecule has 5 rings (SSSR count). The first-order chi connectivity index (χ1) is 13.2. The van der Waals surface area contributed by atoms with E-state index >= 15 is 0 Å². The van der Waals surface area contributed by atoms with Crippen LogP contribution >= 0.6 is 11.3 Å². The second-order valence-corrected chi connectivity index (χ2v) is 7.98. The average Bonchev–Trinajstić information content (AvgIpc) is 3.11. The highest BCUT2D eigenvalue weighted by Crippen LogP contribution is 2.30. The number of piperazine rings is 1. The highest BCUT2D eigenvalue weighted by Gasteiger charge is 2.16. The molecule has 0 spiro atoms. The number of rotatable bonds is 2. The van der Waals surface area contributed by atoms with E-state index in [1.165, 1.54) is 11.3 Å². The summed E-state index contributed by atoms with van der Waals surface area (Å²) < 4.78 is 6.74. The second-order valence-electron chi connectivity index (χ2n) is 6.95. The predicted molar refractivity (Wildman–Crippen MR) is 111 cm³/mol. The van der Waals surface area contributed by atoms with Gasteiger partial charge in [-0.05, 0) is 37.4 Å². The summed E-state index contributed by atoms with van der Waals surface area (Å²) in [6, 6.07) is 15.9. The summed E-state index contributed by atoms with van der Waals surface area (Å²) in [6.07, 6.45) is 0. The smallest absolute Gasteiger partial charge is 0.346 e. The molecule has 1 aliphatic heterocycles. The van der Waals surface area contributed by atoms with Gasteiger partial charge in [0, 0.05) is 43.3 Å². The Labute approximate surface area is 160 Å². The lowest BCUT2D eigenvalue weighted by molar-refractivity contribution is 0.313. The highest BCUT2D eigenvalue weighted by atomic mass is 32.1. The Hall–Kier alpha value is -2.70. The molecule has 0 bridgehead atoms. The molecule has 2 aromatic heterocycles. The molecule has 1 aliphatic rings. The Balaban J connectivity index is 1.55. The van der Waals surface area contributed by atoms with E-state index < -0.39 is 0 Å². The molecule has 0 amide bonds. The number of hydrogen-bond acceptors (Lipinski definition) is 6. The maximum Gasteiger partial charge on any atom is 0.346 e. The van der Waals surface area contributed by atoms with Crippen molar-refractivity contribution in [3.63, 3.8) is 0 Å². The van der Waals surface area contributed by atoms with Gasteiger partial charge in [0.05, 0.1) is 15.8 Å². The number of para-hydroxylation sites is 1. The Kier molecular flexibility index (Phi) is 3.95. The number of likely N-dealkylation sites (N-methyl/N-ethyl adjacent to an activating group) is 1. The van der Waals surface area contributed by atoms with Gasteiger partial charge in [-0.15, -0.1) is 11.3 Å². The summed E-state index contributed by atoms with van der Waals surface area (Å²) in [5.41, 5.74) is 2.82. The molecular weight excluding hydrogens is 358 g/mol. The van der Waals surface area contributed by atoms with Gasteiger partial charge in [0.25, 0.3) is 0 Å². The molecule has 27 heavy (non-hydrogen) atoms. The Bertz CT molecular complexity index is 1160. The van der Waals surface area contributed by atoms with Gasteiger partial charge in [0.2, 0.25) is 0 Å². The van der Waals surface area contributed by atoms with Crippen molar-refractivity contribution in [1.29, 1.82) is 0 Å². The average molecular weight is 377 g/mol. The molecule has 2 aromatic carbocycles. The number of fused-ring (bicyclic) bond motifs is 2. The maximum absolute atomic E-state index is 12.6. The van der Waals surface area contributed by atoms with Crippen LogP contribution in [0, 0.1) is 0 Å². The summed E-state index contributed by atoms with van der Waals surface area (Å²) in [5, 5.41) is 1.62. The molecule has 6 heteroatoms. The quantitative estimate of drug-likeness (QED) is 0.497. The Morgan fingerprint density at radius 3 is 2.67 bits per heavy atom. The van der Waals surface area contributed by atoms with Crippen LogP contribution in [0.5, 0.6) is 0 Å². The molecule has 1 fully saturated rings. The number of aromatic nitrogens is 1. The van der Waals surface area contributed by atoms with E-state index in [1.54, 1.807) is 0 Å². The van der Waals surface area contributed by atoms with E-state index in [9.17, 15) is 4.79 Å². The number of hydrogen-bond donors (Lipinski definition) is 0. The number of benzene rings is 2. The topological polar surface area (TPSA) is 49.6 Å². The summed E-state index contributed by atoms with van der Waals surface area (Å²) in [4.78, 5) is 21.9. The fourth-order valence-electron chi connectivity index (χ4n) is 3.50. The van der Waals surface area contributed by atoms with E-state index in [4.69, 9.17) is 4.42 Å². The first-order valence-electron chi connectivity index (χ1n) is 9.05. The van der Waals surface area contributed by atoms with E-state index in [2.05, 4.69) is 27.9 Å². The van der Waals surface area contributed by atoms with Gasteiger partial charge < -0.3 is 14.2 Å². The van der Waals surface area contributed by atoms with Crippen LogP contribution in [0.25, 0.3) is 31.8 Å². The van der Waals surface area contributed by atoms with Crippen LogP contribution in [0.1, 0.15) is 0 Å². The zero-order valence-corrected chi connectivity index (χ0v) is 15.8. The zero-order chi connectivity index (χ0) is 18.4. The number of anilines is 1. The second kappa shape index (κ2) is 6.48. The highest BCUT2D eigenvalue weighted by molar-refractivity contribution is 7.21. The summed E-state index contributed by atoms with van der Waals surface area (Å²) >= 11 is 1.52. The molecule has 0 atom stereocenters. The minimum Gasteiger partial charge on any atom is -0.422 e. The molecule has 136 valence electrons. The molecule has 4 aromatic rings. The summed E-state index contributed by atoms with van der Waals surface area (Å²) in [5.74, 6) is 0. The SMILES string of the molecule is CN1CCN(c2ccc3cc(-c4nc5ccccc5s4)c(=O)oc3c2)CC1. The normalized spacial score (nSPS) is 15.7. The van der Waals surface area contributed by atoms with Crippen molar-refractivity contribution >= 4 is 38.2 Å². The predicted octanol–water partition coefficient (Wildman–Crippen LogP) is 3.82. The van der Waals surface area contributed by atoms with Crippen LogP contribution in [-0.2, 0) is 0 Å². The van der Waals surface area contributed by atoms with Crippen molar-refractivity contribution in [3.8, 4) is 10.6 Å². The van der Waals surface area contributed by atoms with Gasteiger partial charge in [-0.25, -0.2) is 9.78 Å². The van der Waals surface area contributed by atoms with Gasteiger partial charge in [-0.2, -0.15) is 0 Å². The summed E-state index contributed by atoms with van der Waals surface area (Å²) in [6.45, 7) is 4.04. The van der Waals surface area contributed by atoms with Crippen molar-refractivity contribution < 1.29 is 4.42 Å². The maximum atomic E-state index is 12.6. The van der Waals surface area contributed by atoms with E-state index in [0.717, 1.165) is 47.5 Å². The minimum atomic E-state index is -0.336. The van der Waals surface area contributed by atoms with Crippen LogP contribution in [0.4, 0.5) is 5.69 Å². The lowest BCUT2D eigenvalue weighted by Gasteiger charge is -2.34. The minimum absolute atomic E-state index is 0.336. The number of nitrogens with zero attached hydrogens (tertiary/aromatic N) is 3. The van der Waals surface area contributed by atoms with Gasteiger partial charge in [0.1, 0.15) is 10.6 Å². The van der Waals surface area contributed by atoms with Gasteiger partial charge in [-0.3, -0.25) is 0 Å². The van der Waals surface area contributed by atoms with Crippen molar-refractivity contribution in [3.05, 3.63) is 59.0 Å². The molecule has 1 saturated heterocycles. The van der Waals surface area contributed by atoms with Crippen molar-refractivity contribution in [2.75, 3.05) is 38.1 Å². The van der Waals surface area contributed by atoms with Crippen LogP contribution in [0.2, 0.25) is 0 Å². The molecule has 0 saturated carbocycles. The first-order valence-corrected chi connectivity index (χ1v) is 9.86. The van der Waals surface area contributed by atoms with E-state index in [-0.39, 0.29) is 5.63 Å². The molecule has 5 nitrogen and oxygen atoms in total. The Morgan fingerprint density at radius 1 is 1.04 bits per heavy atom. The molecule has 0 N–H and O–H groups in total. The van der Waals surface area contributed by atoms with E-state index in [0.29, 0.717) is 16.2 Å². The fourth-order valence-corrected chi connectivity index (χ4v) is 4.47. The van der Waals surface area contributed by atoms with Crippen LogP contribution in [0.3, 0.4) is 0 Å². The van der Waals surface area contributed by atoms with Gasteiger partial charge in [0.15, 0.2) is 0 Å². The van der Waals surface area contributed by atoms with Crippen molar-refractivity contribution in [2.45, 2.75) is 0 Å². The van der Waals surface area contributed by atoms with Gasteiger partial charge in [-0.1, -0.05) is 12.1 Å².